The van der Waals surface area contributed by atoms with Crippen LogP contribution in [0.3, 0.4) is 0 Å². The van der Waals surface area contributed by atoms with E-state index < -0.39 is 5.97 Å². The first-order chi connectivity index (χ1) is 11.8. The summed E-state index contributed by atoms with van der Waals surface area (Å²) in [6, 6.07) is 11.3. The molecule has 2 aromatic rings. The largest absolute Gasteiger partial charge is 0.481 e. The number of carboxylic acids is 1. The molecule has 1 heterocycles. The van der Waals surface area contributed by atoms with Crippen LogP contribution in [0.2, 0.25) is 0 Å². The van der Waals surface area contributed by atoms with Crippen LogP contribution in [-0.4, -0.2) is 21.6 Å². The van der Waals surface area contributed by atoms with Crippen molar-refractivity contribution in [1.29, 1.82) is 0 Å². The predicted molar refractivity (Wildman–Crippen MR) is 97.8 cm³/mol. The van der Waals surface area contributed by atoms with Crippen molar-refractivity contribution in [2.75, 3.05) is 0 Å². The number of aliphatic carboxylic acids is 1. The molecular weight excluding hydrogens is 316 g/mol. The molecule has 0 aliphatic heterocycles. The third-order valence-corrected chi connectivity index (χ3v) is 4.40. The van der Waals surface area contributed by atoms with Gasteiger partial charge in [0.1, 0.15) is 0 Å². The molecule has 0 bridgehead atoms. The highest BCUT2D eigenvalue weighted by Gasteiger charge is 2.21. The van der Waals surface area contributed by atoms with Gasteiger partial charge in [-0.15, -0.1) is 0 Å². The highest BCUT2D eigenvalue weighted by Crippen LogP contribution is 2.23. The van der Waals surface area contributed by atoms with Crippen LogP contribution in [0.5, 0.6) is 0 Å². The Balaban J connectivity index is 2.25. The highest BCUT2D eigenvalue weighted by atomic mass is 16.4. The van der Waals surface area contributed by atoms with E-state index in [0.29, 0.717) is 12.0 Å². The summed E-state index contributed by atoms with van der Waals surface area (Å²) in [4.78, 5) is 23.8. The first kappa shape index (κ1) is 18.8. The van der Waals surface area contributed by atoms with Gasteiger partial charge in [0.25, 0.3) is 5.91 Å². The fourth-order valence-electron chi connectivity index (χ4n) is 3.31. The minimum absolute atomic E-state index is 0.00482. The number of carbonyl (C=O) groups excluding carboxylic acids is 1. The number of aromatic nitrogens is 1. The Labute approximate surface area is 148 Å². The van der Waals surface area contributed by atoms with Crippen LogP contribution in [-0.2, 0) is 4.79 Å². The molecule has 0 aliphatic carbocycles. The smallest absolute Gasteiger partial charge is 0.303 e. The molecule has 0 radical (unpaired) electrons. The van der Waals surface area contributed by atoms with E-state index in [2.05, 4.69) is 23.7 Å². The summed E-state index contributed by atoms with van der Waals surface area (Å²) < 4.78 is 2.13. The number of nitrogens with zero attached hydrogens (tertiary/aromatic N) is 1. The van der Waals surface area contributed by atoms with Crippen molar-refractivity contribution >= 4 is 11.9 Å². The van der Waals surface area contributed by atoms with E-state index in [1.807, 2.05) is 50.2 Å². The predicted octanol–water partition coefficient (Wildman–Crippen LogP) is 4.02. The Bertz CT molecular complexity index is 748. The van der Waals surface area contributed by atoms with E-state index in [1.54, 1.807) is 0 Å². The molecule has 134 valence electrons. The van der Waals surface area contributed by atoms with Gasteiger partial charge in [-0.2, -0.15) is 0 Å². The van der Waals surface area contributed by atoms with Gasteiger partial charge in [0.15, 0.2) is 0 Å². The lowest BCUT2D eigenvalue weighted by atomic mass is 10.0. The minimum atomic E-state index is -0.867. The Morgan fingerprint density at radius 2 is 1.80 bits per heavy atom. The van der Waals surface area contributed by atoms with Crippen molar-refractivity contribution in [3.05, 3.63) is 58.9 Å². The lowest BCUT2D eigenvalue weighted by Crippen LogP contribution is -2.29. The SMILES string of the molecule is Cc1cc(C(=O)NC(CCC(=O)O)c2ccccc2)c(C)n1C(C)C. The molecule has 0 spiro atoms. The van der Waals surface area contributed by atoms with Gasteiger partial charge < -0.3 is 15.0 Å². The zero-order valence-electron chi connectivity index (χ0n) is 15.2. The lowest BCUT2D eigenvalue weighted by molar-refractivity contribution is -0.137. The molecular formula is C20H26N2O3. The van der Waals surface area contributed by atoms with E-state index >= 15 is 0 Å². The van der Waals surface area contributed by atoms with Gasteiger partial charge in [0.05, 0.1) is 11.6 Å². The van der Waals surface area contributed by atoms with Gasteiger partial charge in [-0.05, 0) is 45.7 Å². The van der Waals surface area contributed by atoms with Crippen LogP contribution in [0.1, 0.15) is 66.1 Å². The molecule has 1 aromatic heterocycles. The molecule has 2 rings (SSSR count). The van der Waals surface area contributed by atoms with Gasteiger partial charge in [-0.25, -0.2) is 0 Å². The van der Waals surface area contributed by atoms with Crippen LogP contribution < -0.4 is 5.32 Å². The van der Waals surface area contributed by atoms with E-state index in [4.69, 9.17) is 5.11 Å². The summed E-state index contributed by atoms with van der Waals surface area (Å²) in [6.45, 7) is 8.10. The van der Waals surface area contributed by atoms with Crippen molar-refractivity contribution in [1.82, 2.24) is 9.88 Å². The molecule has 2 N–H and O–H groups in total. The third-order valence-electron chi connectivity index (χ3n) is 4.40. The van der Waals surface area contributed by atoms with Crippen LogP contribution >= 0.6 is 0 Å². The van der Waals surface area contributed by atoms with Gasteiger partial charge >= 0.3 is 5.97 Å². The molecule has 5 heteroatoms. The molecule has 0 saturated carbocycles. The number of carboxylic acid groups (broad SMARTS) is 1. The van der Waals surface area contributed by atoms with Crippen molar-refractivity contribution in [2.24, 2.45) is 0 Å². The number of nitrogens with one attached hydrogen (secondary N) is 1. The topological polar surface area (TPSA) is 71.3 Å². The normalized spacial score (nSPS) is 12.2. The van der Waals surface area contributed by atoms with E-state index in [1.165, 1.54) is 0 Å². The maximum atomic E-state index is 12.8. The maximum absolute atomic E-state index is 12.8. The monoisotopic (exact) mass is 342 g/mol. The molecule has 0 fully saturated rings. The second-order valence-corrected chi connectivity index (χ2v) is 6.62. The van der Waals surface area contributed by atoms with Crippen LogP contribution in [0, 0.1) is 13.8 Å². The minimum Gasteiger partial charge on any atom is -0.481 e. The van der Waals surface area contributed by atoms with Gasteiger partial charge in [-0.1, -0.05) is 30.3 Å². The second kappa shape index (κ2) is 8.01. The maximum Gasteiger partial charge on any atom is 0.303 e. The number of benzene rings is 1. The molecule has 0 saturated heterocycles. The Kier molecular flexibility index (Phi) is 6.02. The molecule has 1 amide bonds. The van der Waals surface area contributed by atoms with E-state index in [0.717, 1.165) is 17.0 Å². The van der Waals surface area contributed by atoms with Gasteiger partial charge in [-0.3, -0.25) is 9.59 Å². The fourth-order valence-corrected chi connectivity index (χ4v) is 3.31. The average Bonchev–Trinajstić information content (AvgIpc) is 2.86. The second-order valence-electron chi connectivity index (χ2n) is 6.62. The lowest BCUT2D eigenvalue weighted by Gasteiger charge is -2.19. The van der Waals surface area contributed by atoms with Crippen molar-refractivity contribution in [3.8, 4) is 0 Å². The molecule has 0 aliphatic rings. The molecule has 5 nitrogen and oxygen atoms in total. The average molecular weight is 342 g/mol. The zero-order valence-corrected chi connectivity index (χ0v) is 15.2. The van der Waals surface area contributed by atoms with E-state index in [-0.39, 0.29) is 24.4 Å². The first-order valence-corrected chi connectivity index (χ1v) is 8.57. The molecule has 1 aromatic carbocycles. The summed E-state index contributed by atoms with van der Waals surface area (Å²) >= 11 is 0. The van der Waals surface area contributed by atoms with Crippen molar-refractivity contribution < 1.29 is 14.7 Å². The summed E-state index contributed by atoms with van der Waals surface area (Å²) in [6.07, 6.45) is 0.360. The fraction of sp³-hybridized carbons (Fsp3) is 0.400. The number of hydrogen-bond donors (Lipinski definition) is 2. The third kappa shape index (κ3) is 4.50. The zero-order chi connectivity index (χ0) is 18.6. The number of aryl methyl sites for hydroxylation is 1. The van der Waals surface area contributed by atoms with Gasteiger partial charge in [0, 0.05) is 23.9 Å². The van der Waals surface area contributed by atoms with E-state index in [9.17, 15) is 9.59 Å². The van der Waals surface area contributed by atoms with Crippen LogP contribution in [0.15, 0.2) is 36.4 Å². The number of hydrogen-bond acceptors (Lipinski definition) is 2. The number of amides is 1. The number of carbonyl (C=O) groups is 2. The first-order valence-electron chi connectivity index (χ1n) is 8.57. The summed E-state index contributed by atoms with van der Waals surface area (Å²) in [7, 11) is 0. The standard InChI is InChI=1S/C20H26N2O3/c1-13(2)22-14(3)12-17(15(22)4)20(25)21-18(10-11-19(23)24)16-8-6-5-7-9-16/h5-9,12-13,18H,10-11H2,1-4H3,(H,21,25)(H,23,24). The molecule has 1 atom stereocenters. The Morgan fingerprint density at radius 3 is 2.32 bits per heavy atom. The summed E-state index contributed by atoms with van der Waals surface area (Å²) in [5.41, 5.74) is 3.52. The van der Waals surface area contributed by atoms with Crippen LogP contribution in [0.4, 0.5) is 0 Å². The highest BCUT2D eigenvalue weighted by molar-refractivity contribution is 5.96. The quantitative estimate of drug-likeness (QED) is 0.798. The summed E-state index contributed by atoms with van der Waals surface area (Å²) in [5.74, 6) is -1.03. The van der Waals surface area contributed by atoms with Crippen molar-refractivity contribution in [3.63, 3.8) is 0 Å². The van der Waals surface area contributed by atoms with Gasteiger partial charge in [0.2, 0.25) is 0 Å². The van der Waals surface area contributed by atoms with Crippen molar-refractivity contribution in [2.45, 2.75) is 52.6 Å². The molecule has 25 heavy (non-hydrogen) atoms. The summed E-state index contributed by atoms with van der Waals surface area (Å²) in [5, 5.41) is 12.0. The van der Waals surface area contributed by atoms with Crippen LogP contribution in [0.25, 0.3) is 0 Å². The Hall–Kier alpha value is -2.56. The molecule has 1 unspecified atom stereocenters. The number of rotatable bonds is 7. The Morgan fingerprint density at radius 1 is 1.16 bits per heavy atom.